The zero-order valence-corrected chi connectivity index (χ0v) is 10.8. The summed E-state index contributed by atoms with van der Waals surface area (Å²) in [5, 5.41) is 3.83. The molecule has 0 aromatic rings. The van der Waals surface area contributed by atoms with Crippen LogP contribution in [-0.2, 0) is 14.4 Å². The van der Waals surface area contributed by atoms with Crippen LogP contribution in [0.25, 0.3) is 0 Å². The number of rotatable bonds is 7. The van der Waals surface area contributed by atoms with E-state index in [2.05, 4.69) is 5.16 Å². The largest absolute Gasteiger partial charge is 0.461 e. The van der Waals surface area contributed by atoms with Crippen molar-refractivity contribution >= 4 is 11.7 Å². The van der Waals surface area contributed by atoms with Gasteiger partial charge in [0.1, 0.15) is 6.61 Å². The molecule has 5 heteroatoms. The first kappa shape index (κ1) is 14.9. The summed E-state index contributed by atoms with van der Waals surface area (Å²) < 4.78 is 4.88. The molecule has 16 heavy (non-hydrogen) atoms. The van der Waals surface area contributed by atoms with Crippen LogP contribution < -0.4 is 0 Å². The van der Waals surface area contributed by atoms with Crippen molar-refractivity contribution in [1.82, 2.24) is 4.90 Å². The van der Waals surface area contributed by atoms with E-state index in [1.165, 1.54) is 0 Å². The average molecular weight is 230 g/mol. The van der Waals surface area contributed by atoms with Gasteiger partial charge in [0.05, 0.1) is 6.61 Å². The lowest BCUT2D eigenvalue weighted by atomic mass is 10.1. The fraction of sp³-hybridized carbons (Fsp3) is 0.818. The second-order valence-electron chi connectivity index (χ2n) is 3.99. The molecule has 0 saturated carbocycles. The Morgan fingerprint density at radius 1 is 1.38 bits per heavy atom. The molecule has 0 fully saturated rings. The topological polar surface area (TPSA) is 51.1 Å². The van der Waals surface area contributed by atoms with Crippen molar-refractivity contribution in [3.05, 3.63) is 0 Å². The van der Waals surface area contributed by atoms with Gasteiger partial charge >= 0.3 is 5.97 Å². The van der Waals surface area contributed by atoms with Gasteiger partial charge in [0.15, 0.2) is 5.71 Å². The molecular formula is C11H22N2O3. The molecule has 0 aliphatic rings. The van der Waals surface area contributed by atoms with E-state index in [0.717, 1.165) is 6.54 Å². The van der Waals surface area contributed by atoms with Crippen LogP contribution in [-0.4, -0.2) is 50.4 Å². The molecule has 94 valence electrons. The lowest BCUT2D eigenvalue weighted by Crippen LogP contribution is -2.24. The minimum absolute atomic E-state index is 0.00148. The molecular weight excluding hydrogens is 208 g/mol. The van der Waals surface area contributed by atoms with Gasteiger partial charge in [0.25, 0.3) is 0 Å². The monoisotopic (exact) mass is 230 g/mol. The zero-order valence-electron chi connectivity index (χ0n) is 10.8. The van der Waals surface area contributed by atoms with Crippen molar-refractivity contribution in [3.8, 4) is 0 Å². The molecule has 0 aliphatic carbocycles. The number of ether oxygens (including phenoxy) is 1. The summed E-state index contributed by atoms with van der Waals surface area (Å²) >= 11 is 0. The van der Waals surface area contributed by atoms with Crippen LogP contribution in [0.1, 0.15) is 20.8 Å². The molecule has 0 N–H and O–H groups in total. The smallest absolute Gasteiger partial charge is 0.356 e. The van der Waals surface area contributed by atoms with Crippen LogP contribution in [0.3, 0.4) is 0 Å². The number of carbonyl (C=O) groups is 1. The molecule has 0 rings (SSSR count). The Balaban J connectivity index is 4.20. The van der Waals surface area contributed by atoms with Crippen LogP contribution in [0.15, 0.2) is 5.16 Å². The van der Waals surface area contributed by atoms with Crippen molar-refractivity contribution in [1.29, 1.82) is 0 Å². The molecule has 0 aliphatic heterocycles. The number of carbonyl (C=O) groups excluding carboxylic acids is 1. The van der Waals surface area contributed by atoms with Crippen LogP contribution in [0.2, 0.25) is 0 Å². The van der Waals surface area contributed by atoms with E-state index >= 15 is 0 Å². The highest BCUT2D eigenvalue weighted by Crippen LogP contribution is 2.01. The normalized spacial score (nSPS) is 12.1. The average Bonchev–Trinajstić information content (AvgIpc) is 2.16. The maximum absolute atomic E-state index is 11.5. The van der Waals surface area contributed by atoms with E-state index in [0.29, 0.717) is 18.9 Å². The van der Waals surface area contributed by atoms with Crippen molar-refractivity contribution in [2.75, 3.05) is 33.9 Å². The Labute approximate surface area is 97.4 Å². The Bertz CT molecular complexity index is 237. The number of likely N-dealkylation sites (N-methyl/N-ethyl adjacent to an activating group) is 1. The van der Waals surface area contributed by atoms with E-state index in [9.17, 15) is 4.79 Å². The van der Waals surface area contributed by atoms with E-state index in [1.807, 2.05) is 32.8 Å². The minimum Gasteiger partial charge on any atom is -0.461 e. The highest BCUT2D eigenvalue weighted by Gasteiger charge is 2.17. The summed E-state index contributed by atoms with van der Waals surface area (Å²) in [6, 6.07) is 0. The SMILES string of the molecule is CCOC(=O)/C(=N/OCCN(C)C)C(C)C. The van der Waals surface area contributed by atoms with Gasteiger partial charge in [-0.1, -0.05) is 19.0 Å². The summed E-state index contributed by atoms with van der Waals surface area (Å²) in [4.78, 5) is 18.5. The Morgan fingerprint density at radius 3 is 2.44 bits per heavy atom. The maximum Gasteiger partial charge on any atom is 0.356 e. The molecule has 0 bridgehead atoms. The van der Waals surface area contributed by atoms with Crippen molar-refractivity contribution in [2.24, 2.45) is 11.1 Å². The number of esters is 1. The fourth-order valence-corrected chi connectivity index (χ4v) is 0.922. The standard InChI is InChI=1S/C11H22N2O3/c1-6-15-11(14)10(9(2)3)12-16-8-7-13(4)5/h9H,6-8H2,1-5H3/b12-10+. The summed E-state index contributed by atoms with van der Waals surface area (Å²) in [5.74, 6) is -0.402. The van der Waals surface area contributed by atoms with Gasteiger partial charge in [0, 0.05) is 12.5 Å². The summed E-state index contributed by atoms with van der Waals surface area (Å²) in [5.41, 5.74) is 0.334. The first-order valence-corrected chi connectivity index (χ1v) is 5.50. The van der Waals surface area contributed by atoms with Crippen molar-refractivity contribution < 1.29 is 14.4 Å². The molecule has 0 heterocycles. The van der Waals surface area contributed by atoms with E-state index < -0.39 is 5.97 Å². The third-order valence-corrected chi connectivity index (χ3v) is 1.82. The Hall–Kier alpha value is -1.10. The van der Waals surface area contributed by atoms with Crippen LogP contribution >= 0.6 is 0 Å². The van der Waals surface area contributed by atoms with Gasteiger partial charge in [-0.15, -0.1) is 0 Å². The Morgan fingerprint density at radius 2 is 2.00 bits per heavy atom. The quantitative estimate of drug-likeness (QED) is 0.285. The highest BCUT2D eigenvalue weighted by atomic mass is 16.6. The number of hydrogen-bond donors (Lipinski definition) is 0. The second-order valence-corrected chi connectivity index (χ2v) is 3.99. The fourth-order valence-electron chi connectivity index (χ4n) is 0.922. The van der Waals surface area contributed by atoms with Crippen molar-refractivity contribution in [3.63, 3.8) is 0 Å². The summed E-state index contributed by atoms with van der Waals surface area (Å²) in [6.45, 7) is 7.10. The lowest BCUT2D eigenvalue weighted by Gasteiger charge is -2.10. The predicted molar refractivity (Wildman–Crippen MR) is 63.4 cm³/mol. The predicted octanol–water partition coefficient (Wildman–Crippen LogP) is 1.14. The molecule has 0 aromatic carbocycles. The molecule has 0 amide bonds. The Kier molecular flexibility index (Phi) is 7.54. The molecule has 5 nitrogen and oxygen atoms in total. The number of hydrogen-bond acceptors (Lipinski definition) is 5. The molecule has 0 atom stereocenters. The molecule has 0 unspecified atom stereocenters. The first-order chi connectivity index (χ1) is 7.49. The zero-order chi connectivity index (χ0) is 12.6. The minimum atomic E-state index is -0.401. The number of oxime groups is 1. The van der Waals surface area contributed by atoms with Gasteiger partial charge in [-0.05, 0) is 21.0 Å². The second kappa shape index (κ2) is 8.10. The summed E-state index contributed by atoms with van der Waals surface area (Å²) in [6.07, 6.45) is 0. The molecule has 0 spiro atoms. The highest BCUT2D eigenvalue weighted by molar-refractivity contribution is 6.36. The summed E-state index contributed by atoms with van der Waals surface area (Å²) in [7, 11) is 3.89. The van der Waals surface area contributed by atoms with Gasteiger partial charge in [-0.2, -0.15) is 0 Å². The third kappa shape index (κ3) is 6.40. The third-order valence-electron chi connectivity index (χ3n) is 1.82. The van der Waals surface area contributed by atoms with Gasteiger partial charge in [-0.3, -0.25) is 0 Å². The van der Waals surface area contributed by atoms with Crippen molar-refractivity contribution in [2.45, 2.75) is 20.8 Å². The van der Waals surface area contributed by atoms with E-state index in [-0.39, 0.29) is 5.92 Å². The van der Waals surface area contributed by atoms with Crippen LogP contribution in [0.5, 0.6) is 0 Å². The van der Waals surface area contributed by atoms with Crippen LogP contribution in [0.4, 0.5) is 0 Å². The van der Waals surface area contributed by atoms with Gasteiger partial charge in [0.2, 0.25) is 0 Å². The molecule has 0 saturated heterocycles. The maximum atomic E-state index is 11.5. The van der Waals surface area contributed by atoms with Gasteiger partial charge in [-0.25, -0.2) is 4.79 Å². The van der Waals surface area contributed by atoms with Gasteiger partial charge < -0.3 is 14.5 Å². The van der Waals surface area contributed by atoms with E-state index in [4.69, 9.17) is 9.57 Å². The first-order valence-electron chi connectivity index (χ1n) is 5.50. The van der Waals surface area contributed by atoms with E-state index in [1.54, 1.807) is 6.92 Å². The number of nitrogens with zero attached hydrogens (tertiary/aromatic N) is 2. The molecule has 0 aromatic heterocycles. The lowest BCUT2D eigenvalue weighted by molar-refractivity contribution is -0.135. The molecule has 0 radical (unpaired) electrons. The van der Waals surface area contributed by atoms with Crippen LogP contribution in [0, 0.1) is 5.92 Å².